The summed E-state index contributed by atoms with van der Waals surface area (Å²) in [6.07, 6.45) is 0. The van der Waals surface area contributed by atoms with Gasteiger partial charge in [-0.05, 0) is 56.5 Å². The van der Waals surface area contributed by atoms with Crippen LogP contribution in [0.5, 0.6) is 23.3 Å². The fourth-order valence-electron chi connectivity index (χ4n) is 7.10. The van der Waals surface area contributed by atoms with Gasteiger partial charge in [0, 0.05) is 5.46 Å². The van der Waals surface area contributed by atoms with Crippen molar-refractivity contribution in [2.24, 2.45) is 0 Å². The lowest BCUT2D eigenvalue weighted by atomic mass is 9.48. The molecule has 0 fully saturated rings. The summed E-state index contributed by atoms with van der Waals surface area (Å²) < 4.78 is 15.8. The molecule has 0 amide bonds. The highest BCUT2D eigenvalue weighted by molar-refractivity contribution is 7.20. The Bertz CT molecular complexity index is 2050. The molecular weight excluding hydrogens is 543 g/mol. The molecule has 43 heavy (non-hydrogen) atoms. The van der Waals surface area contributed by atoms with E-state index in [1.165, 1.54) is 20.7 Å². The van der Waals surface area contributed by atoms with E-state index in [1.54, 1.807) is 0 Å². The van der Waals surface area contributed by atoms with Gasteiger partial charge in [-0.2, -0.15) is 4.98 Å². The molecule has 4 nitrogen and oxygen atoms in total. The maximum Gasteiger partial charge on any atom is 0.344 e. The van der Waals surface area contributed by atoms with Crippen molar-refractivity contribution in [3.8, 4) is 23.3 Å². The highest BCUT2D eigenvalue weighted by atomic mass is 28.3. The molecule has 6 heteroatoms. The van der Waals surface area contributed by atoms with Gasteiger partial charge in [0.15, 0.2) is 8.07 Å². The first-order chi connectivity index (χ1) is 21.3. The topological polar surface area (TPSA) is 36.3 Å². The standard InChI is InChI=1S/C37H25BN2O2Si/c1-4-14-26(15-5-1)43(27-16-6-2-7-17-27,28-18-8-3-9-19-28)29-24-34-36-35(25-29)42-37-39-31-21-11-12-22-32(31)40(37)38(36)30-20-10-13-23-33(30)41-34/h1-25H. The Kier molecular flexibility index (Phi) is 5.28. The molecule has 2 aliphatic heterocycles. The fourth-order valence-corrected chi connectivity index (χ4v) is 11.9. The van der Waals surface area contributed by atoms with Crippen LogP contribution in [0.25, 0.3) is 11.0 Å². The Hall–Kier alpha value is -5.33. The van der Waals surface area contributed by atoms with Crippen LogP contribution in [0.2, 0.25) is 0 Å². The van der Waals surface area contributed by atoms with Crippen molar-refractivity contribution >= 4 is 57.6 Å². The Labute approximate surface area is 250 Å². The zero-order valence-corrected chi connectivity index (χ0v) is 24.2. The second kappa shape index (κ2) is 9.34. The van der Waals surface area contributed by atoms with Crippen molar-refractivity contribution in [1.82, 2.24) is 9.46 Å². The predicted octanol–water partition coefficient (Wildman–Crippen LogP) is 4.28. The first-order valence-corrected chi connectivity index (χ1v) is 16.6. The summed E-state index contributed by atoms with van der Waals surface area (Å²) in [5, 5.41) is 5.11. The minimum Gasteiger partial charge on any atom is -0.458 e. The molecule has 1 aromatic heterocycles. The van der Waals surface area contributed by atoms with Gasteiger partial charge in [0.25, 0.3) is 6.01 Å². The number of fused-ring (bicyclic) bond motifs is 6. The molecule has 7 aromatic rings. The van der Waals surface area contributed by atoms with E-state index in [9.17, 15) is 0 Å². The summed E-state index contributed by atoms with van der Waals surface area (Å²) in [6, 6.07) is 54.5. The Morgan fingerprint density at radius 1 is 0.512 bits per heavy atom. The third-order valence-electron chi connectivity index (χ3n) is 8.89. The molecule has 0 saturated heterocycles. The van der Waals surface area contributed by atoms with Crippen LogP contribution in [-0.4, -0.2) is 24.4 Å². The summed E-state index contributed by atoms with van der Waals surface area (Å²) in [5.74, 6) is 2.49. The molecule has 202 valence electrons. The van der Waals surface area contributed by atoms with Crippen LogP contribution in [-0.2, 0) is 0 Å². The average molecular weight is 569 g/mol. The van der Waals surface area contributed by atoms with Gasteiger partial charge in [0.05, 0.1) is 11.0 Å². The quantitative estimate of drug-likeness (QED) is 0.235. The van der Waals surface area contributed by atoms with E-state index in [-0.39, 0.29) is 6.85 Å². The lowest BCUT2D eigenvalue weighted by Gasteiger charge is -2.37. The number of hydrogen-bond donors (Lipinski definition) is 0. The van der Waals surface area contributed by atoms with E-state index < -0.39 is 8.07 Å². The number of rotatable bonds is 4. The largest absolute Gasteiger partial charge is 0.458 e. The minimum absolute atomic E-state index is 0.110. The first kappa shape index (κ1) is 24.3. The third kappa shape index (κ3) is 3.47. The Morgan fingerprint density at radius 3 is 1.70 bits per heavy atom. The molecule has 0 atom stereocenters. The summed E-state index contributed by atoms with van der Waals surface area (Å²) in [6.45, 7) is -0.110. The van der Waals surface area contributed by atoms with Crippen molar-refractivity contribution in [2.75, 3.05) is 0 Å². The molecule has 2 aliphatic rings. The smallest absolute Gasteiger partial charge is 0.344 e. The van der Waals surface area contributed by atoms with Crippen molar-refractivity contribution in [3.63, 3.8) is 0 Å². The molecule has 0 bridgehead atoms. The van der Waals surface area contributed by atoms with E-state index >= 15 is 0 Å². The van der Waals surface area contributed by atoms with E-state index in [0.29, 0.717) is 6.01 Å². The van der Waals surface area contributed by atoms with E-state index in [2.05, 4.69) is 138 Å². The number of hydrogen-bond acceptors (Lipinski definition) is 3. The normalized spacial score (nSPS) is 13.0. The van der Waals surface area contributed by atoms with E-state index in [4.69, 9.17) is 14.5 Å². The van der Waals surface area contributed by atoms with Gasteiger partial charge >= 0.3 is 6.85 Å². The second-order valence-electron chi connectivity index (χ2n) is 11.1. The number of imidazole rings is 1. The maximum absolute atomic E-state index is 6.78. The molecule has 0 radical (unpaired) electrons. The number of ether oxygens (including phenoxy) is 2. The molecule has 0 N–H and O–H groups in total. The monoisotopic (exact) mass is 568 g/mol. The molecule has 0 unspecified atom stereocenters. The lowest BCUT2D eigenvalue weighted by molar-refractivity contribution is 0.429. The number of aromatic nitrogens is 2. The van der Waals surface area contributed by atoms with Gasteiger partial charge in [0.1, 0.15) is 17.2 Å². The van der Waals surface area contributed by atoms with E-state index in [1.807, 2.05) is 18.2 Å². The van der Waals surface area contributed by atoms with Crippen LogP contribution in [0.3, 0.4) is 0 Å². The highest BCUT2D eigenvalue weighted by Crippen LogP contribution is 2.37. The molecule has 0 saturated carbocycles. The summed E-state index contributed by atoms with van der Waals surface area (Å²) >= 11 is 0. The summed E-state index contributed by atoms with van der Waals surface area (Å²) in [5.41, 5.74) is 4.10. The van der Waals surface area contributed by atoms with Crippen LogP contribution < -0.4 is 41.1 Å². The molecule has 3 heterocycles. The number of benzene rings is 6. The van der Waals surface area contributed by atoms with Crippen molar-refractivity contribution in [2.45, 2.75) is 0 Å². The van der Waals surface area contributed by atoms with E-state index in [0.717, 1.165) is 39.2 Å². The predicted molar refractivity (Wildman–Crippen MR) is 177 cm³/mol. The van der Waals surface area contributed by atoms with Gasteiger partial charge in [-0.25, -0.2) is 0 Å². The summed E-state index contributed by atoms with van der Waals surface area (Å²) in [4.78, 5) is 4.95. The van der Waals surface area contributed by atoms with Crippen LogP contribution in [0.1, 0.15) is 0 Å². The van der Waals surface area contributed by atoms with Crippen LogP contribution >= 0.6 is 0 Å². The second-order valence-corrected chi connectivity index (χ2v) is 14.9. The zero-order chi connectivity index (χ0) is 28.4. The molecule has 0 spiro atoms. The van der Waals surface area contributed by atoms with Crippen LogP contribution in [0, 0.1) is 0 Å². The average Bonchev–Trinajstić information content (AvgIpc) is 3.45. The van der Waals surface area contributed by atoms with Gasteiger partial charge in [0.2, 0.25) is 0 Å². The van der Waals surface area contributed by atoms with Crippen LogP contribution in [0.4, 0.5) is 0 Å². The van der Waals surface area contributed by atoms with Gasteiger partial charge in [-0.1, -0.05) is 121 Å². The SMILES string of the molecule is c1ccc([Si](c2ccccc2)(c2ccccc2)c2cc3c4c(c2)Oc2nc5ccccc5n2B4c2ccccc2O3)cc1. The third-order valence-corrected chi connectivity index (χ3v) is 13.6. The summed E-state index contributed by atoms with van der Waals surface area (Å²) in [7, 11) is -2.81. The highest BCUT2D eigenvalue weighted by Gasteiger charge is 2.46. The van der Waals surface area contributed by atoms with Gasteiger partial charge in [-0.15, -0.1) is 0 Å². The van der Waals surface area contributed by atoms with Crippen molar-refractivity contribution in [1.29, 1.82) is 0 Å². The molecule has 0 aliphatic carbocycles. The molecular formula is C37H25BN2O2Si. The lowest BCUT2D eigenvalue weighted by Crippen LogP contribution is -2.75. The molecule has 9 rings (SSSR count). The van der Waals surface area contributed by atoms with Crippen molar-refractivity contribution in [3.05, 3.63) is 152 Å². The first-order valence-electron chi connectivity index (χ1n) is 14.6. The number of para-hydroxylation sites is 3. The van der Waals surface area contributed by atoms with Crippen LogP contribution in [0.15, 0.2) is 152 Å². The van der Waals surface area contributed by atoms with Gasteiger partial charge < -0.3 is 14.0 Å². The zero-order valence-electron chi connectivity index (χ0n) is 23.2. The Balaban J connectivity index is 1.38. The van der Waals surface area contributed by atoms with Crippen molar-refractivity contribution < 1.29 is 9.47 Å². The molecule has 6 aromatic carbocycles. The Morgan fingerprint density at radius 2 is 1.05 bits per heavy atom. The maximum atomic E-state index is 6.78. The minimum atomic E-state index is -2.81. The fraction of sp³-hybridized carbons (Fsp3) is 0. The van der Waals surface area contributed by atoms with Gasteiger partial charge in [-0.3, -0.25) is 0 Å². The number of nitrogens with zero attached hydrogens (tertiary/aromatic N) is 2.